The van der Waals surface area contributed by atoms with Crippen LogP contribution in [-0.4, -0.2) is 54.3 Å². The van der Waals surface area contributed by atoms with Crippen LogP contribution in [0.15, 0.2) is 18.2 Å². The standard InChI is InChI=1S/C19H24F2N2O4/c1-18(2,3)27-17(25)23-10-19(12-8-11(20)6-7-14(12)21)9-13(19)15(23)16(24)22(4)26-5/h6-8,13,15H,9-10H2,1-5H3/t13-,15?,19+/m0/s1. The van der Waals surface area contributed by atoms with Crippen molar-refractivity contribution in [3.8, 4) is 0 Å². The summed E-state index contributed by atoms with van der Waals surface area (Å²) in [7, 11) is 2.79. The quantitative estimate of drug-likeness (QED) is 0.755. The first kappa shape index (κ1) is 19.5. The van der Waals surface area contributed by atoms with Crippen LogP contribution in [0.25, 0.3) is 0 Å². The van der Waals surface area contributed by atoms with Crippen LogP contribution in [0.4, 0.5) is 13.6 Å². The number of hydroxylamine groups is 2. The molecule has 27 heavy (non-hydrogen) atoms. The number of likely N-dealkylation sites (N-methyl/N-ethyl adjacent to an activating group) is 1. The van der Waals surface area contributed by atoms with Crippen LogP contribution in [0.1, 0.15) is 32.8 Å². The number of likely N-dealkylation sites (tertiary alicyclic amines) is 1. The molecule has 6 nitrogen and oxygen atoms in total. The molecule has 0 bridgehead atoms. The Morgan fingerprint density at radius 1 is 1.30 bits per heavy atom. The van der Waals surface area contributed by atoms with Crippen LogP contribution >= 0.6 is 0 Å². The number of benzene rings is 1. The average Bonchev–Trinajstić information content (AvgIpc) is 3.20. The maximum atomic E-state index is 14.4. The molecule has 1 saturated heterocycles. The summed E-state index contributed by atoms with van der Waals surface area (Å²) >= 11 is 0. The minimum atomic E-state index is -0.854. The molecule has 2 fully saturated rings. The smallest absolute Gasteiger partial charge is 0.411 e. The van der Waals surface area contributed by atoms with Crippen molar-refractivity contribution in [2.24, 2.45) is 5.92 Å². The van der Waals surface area contributed by atoms with Gasteiger partial charge in [0.15, 0.2) is 0 Å². The van der Waals surface area contributed by atoms with E-state index in [0.29, 0.717) is 6.42 Å². The zero-order valence-electron chi connectivity index (χ0n) is 16.1. The fraction of sp³-hybridized carbons (Fsp3) is 0.579. The summed E-state index contributed by atoms with van der Waals surface area (Å²) in [6, 6.07) is 2.42. The molecule has 0 N–H and O–H groups in total. The van der Waals surface area contributed by atoms with Crippen LogP contribution in [-0.2, 0) is 19.8 Å². The van der Waals surface area contributed by atoms with Gasteiger partial charge in [-0.1, -0.05) is 0 Å². The minimum Gasteiger partial charge on any atom is -0.444 e. The largest absolute Gasteiger partial charge is 0.444 e. The fourth-order valence-corrected chi connectivity index (χ4v) is 3.90. The Balaban J connectivity index is 1.97. The number of halogens is 2. The lowest BCUT2D eigenvalue weighted by molar-refractivity contribution is -0.174. The molecule has 0 spiro atoms. The summed E-state index contributed by atoms with van der Waals surface area (Å²) in [4.78, 5) is 31.8. The number of hydrogen-bond acceptors (Lipinski definition) is 4. The topological polar surface area (TPSA) is 59.1 Å². The monoisotopic (exact) mass is 382 g/mol. The van der Waals surface area contributed by atoms with Crippen molar-refractivity contribution in [1.82, 2.24) is 9.96 Å². The van der Waals surface area contributed by atoms with Crippen molar-refractivity contribution in [1.29, 1.82) is 0 Å². The highest BCUT2D eigenvalue weighted by Gasteiger charge is 2.70. The highest BCUT2D eigenvalue weighted by Crippen LogP contribution is 2.62. The van der Waals surface area contributed by atoms with Crippen molar-refractivity contribution in [2.75, 3.05) is 20.7 Å². The van der Waals surface area contributed by atoms with Gasteiger partial charge in [0.2, 0.25) is 0 Å². The first-order chi connectivity index (χ1) is 12.5. The zero-order valence-corrected chi connectivity index (χ0v) is 16.1. The Hall–Kier alpha value is -2.22. The van der Waals surface area contributed by atoms with E-state index in [4.69, 9.17) is 9.57 Å². The molecule has 3 rings (SSSR count). The van der Waals surface area contributed by atoms with Crippen LogP contribution in [0.3, 0.4) is 0 Å². The highest BCUT2D eigenvalue weighted by molar-refractivity contribution is 5.87. The Bertz CT molecular complexity index is 779. The van der Waals surface area contributed by atoms with E-state index in [9.17, 15) is 18.4 Å². The number of rotatable bonds is 3. The van der Waals surface area contributed by atoms with Gasteiger partial charge in [-0.3, -0.25) is 14.5 Å². The molecule has 1 aromatic rings. The second kappa shape index (κ2) is 6.44. The predicted octanol–water partition coefficient (Wildman–Crippen LogP) is 2.86. The molecule has 148 valence electrons. The molecule has 1 aliphatic carbocycles. The van der Waals surface area contributed by atoms with E-state index < -0.39 is 40.7 Å². The van der Waals surface area contributed by atoms with Gasteiger partial charge in [-0.05, 0) is 51.0 Å². The second-order valence-electron chi connectivity index (χ2n) is 8.16. The Morgan fingerprint density at radius 2 is 1.96 bits per heavy atom. The number of carbonyl (C=O) groups is 2. The highest BCUT2D eigenvalue weighted by atomic mass is 19.1. The lowest BCUT2D eigenvalue weighted by atomic mass is 9.93. The van der Waals surface area contributed by atoms with Crippen LogP contribution in [0.5, 0.6) is 0 Å². The van der Waals surface area contributed by atoms with Gasteiger partial charge in [0.1, 0.15) is 23.3 Å². The number of fused-ring (bicyclic) bond motifs is 1. The van der Waals surface area contributed by atoms with E-state index in [1.54, 1.807) is 20.8 Å². The zero-order chi connectivity index (χ0) is 20.1. The van der Waals surface area contributed by atoms with Crippen molar-refractivity contribution in [2.45, 2.75) is 44.2 Å². The molecule has 0 aromatic heterocycles. The van der Waals surface area contributed by atoms with Crippen molar-refractivity contribution < 1.29 is 27.9 Å². The molecule has 2 amide bonds. The van der Waals surface area contributed by atoms with Crippen LogP contribution < -0.4 is 0 Å². The molecule has 0 radical (unpaired) electrons. The Morgan fingerprint density at radius 3 is 2.56 bits per heavy atom. The molecule has 3 atom stereocenters. The molecule has 2 aliphatic rings. The van der Waals surface area contributed by atoms with E-state index in [-0.39, 0.29) is 18.0 Å². The molecule has 1 aliphatic heterocycles. The maximum Gasteiger partial charge on any atom is 0.411 e. The summed E-state index contributed by atoms with van der Waals surface area (Å²) in [6.07, 6.45) is -0.172. The molecule has 1 saturated carbocycles. The number of carbonyl (C=O) groups excluding carboxylic acids is 2. The van der Waals surface area contributed by atoms with E-state index in [1.165, 1.54) is 19.1 Å². The molecular formula is C19H24F2N2O4. The van der Waals surface area contributed by atoms with E-state index in [1.807, 2.05) is 0 Å². The van der Waals surface area contributed by atoms with E-state index in [2.05, 4.69) is 0 Å². The maximum absolute atomic E-state index is 14.4. The van der Waals surface area contributed by atoms with E-state index >= 15 is 0 Å². The third-order valence-electron chi connectivity index (χ3n) is 5.23. The summed E-state index contributed by atoms with van der Waals surface area (Å²) in [5.41, 5.74) is -1.35. The van der Waals surface area contributed by atoms with Gasteiger partial charge in [-0.25, -0.2) is 18.6 Å². The van der Waals surface area contributed by atoms with Gasteiger partial charge in [0, 0.05) is 24.9 Å². The summed E-state index contributed by atoms with van der Waals surface area (Å²) in [5, 5.41) is 1.04. The molecule has 1 aromatic carbocycles. The molecule has 1 unspecified atom stereocenters. The van der Waals surface area contributed by atoms with E-state index in [0.717, 1.165) is 23.3 Å². The lowest BCUT2D eigenvalue weighted by Gasteiger charge is -2.31. The number of nitrogens with zero attached hydrogens (tertiary/aromatic N) is 2. The number of hydrogen-bond donors (Lipinski definition) is 0. The van der Waals surface area contributed by atoms with Crippen molar-refractivity contribution in [3.63, 3.8) is 0 Å². The summed E-state index contributed by atoms with van der Waals surface area (Å²) in [6.45, 7) is 5.26. The van der Waals surface area contributed by atoms with Gasteiger partial charge < -0.3 is 4.74 Å². The number of ether oxygens (including phenoxy) is 1. The Labute approximate surface area is 157 Å². The van der Waals surface area contributed by atoms with Gasteiger partial charge in [-0.15, -0.1) is 0 Å². The molecular weight excluding hydrogens is 358 g/mol. The SMILES string of the molecule is CON(C)C(=O)C1[C@@H]2C[C@]2(c2cc(F)ccc2F)CN1C(=O)OC(C)(C)C. The predicted molar refractivity (Wildman–Crippen MR) is 92.7 cm³/mol. The van der Waals surface area contributed by atoms with Gasteiger partial charge >= 0.3 is 6.09 Å². The molecule has 8 heteroatoms. The normalized spacial score (nSPS) is 26.6. The third-order valence-corrected chi connectivity index (χ3v) is 5.23. The first-order valence-electron chi connectivity index (χ1n) is 8.77. The minimum absolute atomic E-state index is 0.0842. The third kappa shape index (κ3) is 3.38. The van der Waals surface area contributed by atoms with Crippen LogP contribution in [0.2, 0.25) is 0 Å². The first-order valence-corrected chi connectivity index (χ1v) is 8.77. The Kier molecular flexibility index (Phi) is 4.66. The average molecular weight is 382 g/mol. The van der Waals surface area contributed by atoms with Crippen LogP contribution in [0, 0.1) is 17.6 Å². The lowest BCUT2D eigenvalue weighted by Crippen LogP contribution is -2.50. The number of piperidine rings is 1. The summed E-state index contributed by atoms with van der Waals surface area (Å²) < 4.78 is 33.6. The van der Waals surface area contributed by atoms with Crippen molar-refractivity contribution in [3.05, 3.63) is 35.4 Å². The number of amides is 2. The summed E-state index contributed by atoms with van der Waals surface area (Å²) in [5.74, 6) is -1.86. The van der Waals surface area contributed by atoms with Gasteiger partial charge in [-0.2, -0.15) is 0 Å². The molecule has 1 heterocycles. The van der Waals surface area contributed by atoms with Gasteiger partial charge in [0.25, 0.3) is 5.91 Å². The fourth-order valence-electron chi connectivity index (χ4n) is 3.90. The van der Waals surface area contributed by atoms with Gasteiger partial charge in [0.05, 0.1) is 7.11 Å². The van der Waals surface area contributed by atoms with Crippen molar-refractivity contribution >= 4 is 12.0 Å². The second-order valence-corrected chi connectivity index (χ2v) is 8.16.